The van der Waals surface area contributed by atoms with Crippen molar-refractivity contribution in [3.05, 3.63) is 51.9 Å². The minimum Gasteiger partial charge on any atom is -0.465 e. The number of benzene rings is 1. The van der Waals surface area contributed by atoms with Crippen LogP contribution in [0.5, 0.6) is 0 Å². The van der Waals surface area contributed by atoms with Crippen molar-refractivity contribution >= 4 is 34.9 Å². The first-order chi connectivity index (χ1) is 12.5. The van der Waals surface area contributed by atoms with Crippen LogP contribution in [0.1, 0.15) is 17.6 Å². The van der Waals surface area contributed by atoms with E-state index < -0.39 is 0 Å². The van der Waals surface area contributed by atoms with Crippen molar-refractivity contribution in [1.82, 2.24) is 10.2 Å². The van der Waals surface area contributed by atoms with Gasteiger partial charge in [-0.3, -0.25) is 4.90 Å². The first kappa shape index (κ1) is 19.0. The maximum Gasteiger partial charge on any atom is 0.319 e. The van der Waals surface area contributed by atoms with E-state index in [4.69, 9.17) is 32.4 Å². The number of carbonyl (C=O) groups is 1. The Kier molecular flexibility index (Phi) is 6.43. The van der Waals surface area contributed by atoms with Crippen molar-refractivity contribution in [3.63, 3.8) is 0 Å². The summed E-state index contributed by atoms with van der Waals surface area (Å²) in [6.45, 7) is 5.25. The molecule has 0 spiro atoms. The lowest BCUT2D eigenvalue weighted by Crippen LogP contribution is -2.44. The Balaban J connectivity index is 1.62. The summed E-state index contributed by atoms with van der Waals surface area (Å²) in [6.07, 6.45) is 0. The first-order valence-electron chi connectivity index (χ1n) is 8.41. The van der Waals surface area contributed by atoms with E-state index in [2.05, 4.69) is 15.5 Å². The molecule has 2 heterocycles. The minimum absolute atomic E-state index is 0.0489. The van der Waals surface area contributed by atoms with Crippen LogP contribution in [0, 0.1) is 6.92 Å². The summed E-state index contributed by atoms with van der Waals surface area (Å²) < 4.78 is 11.2. The topological polar surface area (TPSA) is 66.7 Å². The van der Waals surface area contributed by atoms with Gasteiger partial charge in [0.2, 0.25) is 0 Å². The van der Waals surface area contributed by atoms with E-state index in [-0.39, 0.29) is 12.1 Å². The quantitative estimate of drug-likeness (QED) is 0.796. The molecule has 1 aliphatic rings. The van der Waals surface area contributed by atoms with Crippen LogP contribution >= 0.6 is 23.2 Å². The number of ether oxygens (including phenoxy) is 1. The van der Waals surface area contributed by atoms with Gasteiger partial charge in [-0.2, -0.15) is 0 Å². The van der Waals surface area contributed by atoms with Gasteiger partial charge < -0.3 is 19.8 Å². The number of anilines is 1. The van der Waals surface area contributed by atoms with Gasteiger partial charge in [0, 0.05) is 25.3 Å². The molecule has 8 heteroatoms. The Morgan fingerprint density at radius 3 is 2.62 bits per heavy atom. The van der Waals surface area contributed by atoms with E-state index in [1.807, 2.05) is 19.1 Å². The van der Waals surface area contributed by atoms with Crippen LogP contribution in [0.3, 0.4) is 0 Å². The van der Waals surface area contributed by atoms with E-state index in [1.165, 1.54) is 0 Å². The van der Waals surface area contributed by atoms with E-state index in [0.29, 0.717) is 35.5 Å². The lowest BCUT2D eigenvalue weighted by molar-refractivity contribution is 0.0122. The molecule has 0 radical (unpaired) electrons. The highest BCUT2D eigenvalue weighted by molar-refractivity contribution is 6.42. The predicted molar refractivity (Wildman–Crippen MR) is 102 cm³/mol. The molecule has 26 heavy (non-hydrogen) atoms. The van der Waals surface area contributed by atoms with Crippen molar-refractivity contribution in [1.29, 1.82) is 0 Å². The number of nitrogens with zero attached hydrogens (tertiary/aromatic N) is 1. The number of halogens is 2. The van der Waals surface area contributed by atoms with Gasteiger partial charge in [-0.1, -0.05) is 23.2 Å². The highest BCUT2D eigenvalue weighted by Crippen LogP contribution is 2.25. The van der Waals surface area contributed by atoms with Gasteiger partial charge in [0.1, 0.15) is 11.5 Å². The average Bonchev–Trinajstić information content (AvgIpc) is 3.05. The fraction of sp³-hybridized carbons (Fsp3) is 0.389. The summed E-state index contributed by atoms with van der Waals surface area (Å²) in [5, 5.41) is 6.49. The zero-order valence-electron chi connectivity index (χ0n) is 14.4. The fourth-order valence-corrected chi connectivity index (χ4v) is 3.17. The largest absolute Gasteiger partial charge is 0.465 e. The molecule has 0 unspecified atom stereocenters. The van der Waals surface area contributed by atoms with E-state index in [0.717, 1.165) is 24.6 Å². The van der Waals surface area contributed by atoms with Gasteiger partial charge in [0.15, 0.2) is 0 Å². The molecule has 140 valence electrons. The standard InChI is InChI=1S/C18H21Cl2N3O3/c1-12-2-5-17(26-12)16(23-6-8-25-9-7-23)11-21-18(24)22-13-3-4-14(19)15(20)10-13/h2-5,10,16H,6-9,11H2,1H3,(H2,21,22,24)/t16-/m1/s1. The number of rotatable bonds is 5. The molecule has 2 N–H and O–H groups in total. The average molecular weight is 398 g/mol. The summed E-state index contributed by atoms with van der Waals surface area (Å²) in [7, 11) is 0. The maximum atomic E-state index is 12.3. The molecule has 3 rings (SSSR count). The van der Waals surface area contributed by atoms with Crippen LogP contribution < -0.4 is 10.6 Å². The second kappa shape index (κ2) is 8.77. The SMILES string of the molecule is Cc1ccc([C@@H](CNC(=O)Nc2ccc(Cl)c(Cl)c2)N2CCOCC2)o1. The molecular weight excluding hydrogens is 377 g/mol. The summed E-state index contributed by atoms with van der Waals surface area (Å²) in [4.78, 5) is 14.5. The second-order valence-electron chi connectivity index (χ2n) is 6.08. The molecule has 2 aromatic rings. The molecule has 0 saturated carbocycles. The number of amides is 2. The Hall–Kier alpha value is -1.73. The third-order valence-electron chi connectivity index (χ3n) is 4.21. The molecule has 1 aromatic carbocycles. The third-order valence-corrected chi connectivity index (χ3v) is 4.95. The summed E-state index contributed by atoms with van der Waals surface area (Å²) in [5.74, 6) is 1.68. The van der Waals surface area contributed by atoms with Crippen LogP contribution in [0.2, 0.25) is 10.0 Å². The minimum atomic E-state index is -0.315. The Morgan fingerprint density at radius 2 is 1.96 bits per heavy atom. The monoisotopic (exact) mass is 397 g/mol. The number of morpholine rings is 1. The van der Waals surface area contributed by atoms with Gasteiger partial charge in [-0.25, -0.2) is 4.79 Å². The van der Waals surface area contributed by atoms with E-state index in [1.54, 1.807) is 18.2 Å². The number of hydrogen-bond acceptors (Lipinski definition) is 4. The molecule has 1 aliphatic heterocycles. The number of urea groups is 1. The second-order valence-corrected chi connectivity index (χ2v) is 6.89. The van der Waals surface area contributed by atoms with Crippen LogP contribution in [-0.2, 0) is 4.74 Å². The molecule has 6 nitrogen and oxygen atoms in total. The van der Waals surface area contributed by atoms with Gasteiger partial charge in [-0.15, -0.1) is 0 Å². The third kappa shape index (κ3) is 4.92. The lowest BCUT2D eigenvalue weighted by Gasteiger charge is -2.33. The zero-order valence-corrected chi connectivity index (χ0v) is 15.9. The van der Waals surface area contributed by atoms with Gasteiger partial charge >= 0.3 is 6.03 Å². The van der Waals surface area contributed by atoms with Crippen molar-refractivity contribution in [2.24, 2.45) is 0 Å². The Labute approximate surface area is 162 Å². The number of hydrogen-bond donors (Lipinski definition) is 2. The molecule has 1 saturated heterocycles. The summed E-state index contributed by atoms with van der Waals surface area (Å²) >= 11 is 11.9. The van der Waals surface area contributed by atoms with Crippen LogP contribution in [0.15, 0.2) is 34.7 Å². The van der Waals surface area contributed by atoms with Gasteiger partial charge in [-0.05, 0) is 37.3 Å². The Morgan fingerprint density at radius 1 is 1.19 bits per heavy atom. The van der Waals surface area contributed by atoms with Gasteiger partial charge in [0.25, 0.3) is 0 Å². The van der Waals surface area contributed by atoms with Crippen LogP contribution in [0.4, 0.5) is 10.5 Å². The smallest absolute Gasteiger partial charge is 0.319 e. The fourth-order valence-electron chi connectivity index (χ4n) is 2.87. The van der Waals surface area contributed by atoms with Crippen molar-refractivity contribution in [2.45, 2.75) is 13.0 Å². The summed E-state index contributed by atoms with van der Waals surface area (Å²) in [6, 6.07) is 8.47. The van der Waals surface area contributed by atoms with Gasteiger partial charge in [0.05, 0.1) is 29.3 Å². The number of aryl methyl sites for hydroxylation is 1. The molecule has 0 bridgehead atoms. The van der Waals surface area contributed by atoms with E-state index in [9.17, 15) is 4.79 Å². The zero-order chi connectivity index (χ0) is 18.5. The van der Waals surface area contributed by atoms with Crippen LogP contribution in [-0.4, -0.2) is 43.8 Å². The van der Waals surface area contributed by atoms with Crippen molar-refractivity contribution in [2.75, 3.05) is 38.2 Å². The summed E-state index contributed by atoms with van der Waals surface area (Å²) in [5.41, 5.74) is 0.577. The normalized spacial score (nSPS) is 16.3. The molecule has 0 aliphatic carbocycles. The molecule has 2 amide bonds. The maximum absolute atomic E-state index is 12.3. The number of carbonyl (C=O) groups excluding carboxylic acids is 1. The molecular formula is C18H21Cl2N3O3. The number of nitrogens with one attached hydrogen (secondary N) is 2. The number of furan rings is 1. The molecule has 1 atom stereocenters. The Bertz CT molecular complexity index is 760. The highest BCUT2D eigenvalue weighted by Gasteiger charge is 2.25. The molecule has 1 aromatic heterocycles. The van der Waals surface area contributed by atoms with Crippen molar-refractivity contribution < 1.29 is 13.9 Å². The molecule has 1 fully saturated rings. The van der Waals surface area contributed by atoms with Crippen molar-refractivity contribution in [3.8, 4) is 0 Å². The first-order valence-corrected chi connectivity index (χ1v) is 9.16. The highest BCUT2D eigenvalue weighted by atomic mass is 35.5. The van der Waals surface area contributed by atoms with E-state index >= 15 is 0 Å². The lowest BCUT2D eigenvalue weighted by atomic mass is 10.1. The van der Waals surface area contributed by atoms with Crippen LogP contribution in [0.25, 0.3) is 0 Å². The predicted octanol–water partition coefficient (Wildman–Crippen LogP) is 4.09.